The van der Waals surface area contributed by atoms with Crippen LogP contribution < -0.4 is 5.32 Å². The van der Waals surface area contributed by atoms with E-state index in [1.165, 1.54) is 6.92 Å². The fourth-order valence-electron chi connectivity index (χ4n) is 1.48. The predicted octanol–water partition coefficient (Wildman–Crippen LogP) is 0.674. The molecular weight excluding hydrogens is 270 g/mol. The molecule has 0 heterocycles. The minimum Gasteiger partial charge on any atom is -0.481 e. The minimum atomic E-state index is -3.03. The van der Waals surface area contributed by atoms with E-state index in [9.17, 15) is 23.1 Å². The standard InChI is InChI=1S/C12H23NO5S/c1-9(2)12(3,11(15)16)8-10(14)13-6-5-7-19(4,17)18/h9H,5-8H2,1-4H3,(H,13,14)(H,15,16). The summed E-state index contributed by atoms with van der Waals surface area (Å²) in [6.07, 6.45) is 1.35. The molecule has 2 N–H and O–H groups in total. The number of hydrogen-bond donors (Lipinski definition) is 2. The van der Waals surface area contributed by atoms with Crippen LogP contribution in [-0.4, -0.2) is 44.0 Å². The number of hydrogen-bond acceptors (Lipinski definition) is 4. The van der Waals surface area contributed by atoms with Crippen molar-refractivity contribution in [2.45, 2.75) is 33.6 Å². The first-order chi connectivity index (χ1) is 8.49. The molecule has 0 aliphatic carbocycles. The van der Waals surface area contributed by atoms with Crippen LogP contribution in [0.15, 0.2) is 0 Å². The Labute approximate surface area is 114 Å². The van der Waals surface area contributed by atoms with Crippen LogP contribution in [0.4, 0.5) is 0 Å². The van der Waals surface area contributed by atoms with Crippen LogP contribution in [-0.2, 0) is 19.4 Å². The fraction of sp³-hybridized carbons (Fsp3) is 0.833. The summed E-state index contributed by atoms with van der Waals surface area (Å²) in [5.41, 5.74) is -1.11. The van der Waals surface area contributed by atoms with Gasteiger partial charge in [-0.2, -0.15) is 0 Å². The van der Waals surface area contributed by atoms with Gasteiger partial charge in [0.25, 0.3) is 0 Å². The summed E-state index contributed by atoms with van der Waals surface area (Å²) in [5, 5.41) is 11.7. The zero-order valence-electron chi connectivity index (χ0n) is 11.9. The molecule has 0 spiro atoms. The van der Waals surface area contributed by atoms with E-state index in [-0.39, 0.29) is 30.5 Å². The van der Waals surface area contributed by atoms with Crippen molar-refractivity contribution in [3.05, 3.63) is 0 Å². The third-order valence-electron chi connectivity index (χ3n) is 3.30. The van der Waals surface area contributed by atoms with E-state index in [0.29, 0.717) is 6.42 Å². The molecule has 0 radical (unpaired) electrons. The van der Waals surface area contributed by atoms with Gasteiger partial charge in [-0.3, -0.25) is 9.59 Å². The first-order valence-corrected chi connectivity index (χ1v) is 8.23. The molecule has 0 aromatic heterocycles. The Hall–Kier alpha value is -1.11. The monoisotopic (exact) mass is 293 g/mol. The molecule has 0 saturated carbocycles. The maximum Gasteiger partial charge on any atom is 0.310 e. The molecular formula is C12H23NO5S. The first-order valence-electron chi connectivity index (χ1n) is 6.17. The van der Waals surface area contributed by atoms with Crippen LogP contribution in [0.5, 0.6) is 0 Å². The topological polar surface area (TPSA) is 101 Å². The SMILES string of the molecule is CC(C)C(C)(CC(=O)NCCCS(C)(=O)=O)C(=O)O. The Morgan fingerprint density at radius 2 is 1.84 bits per heavy atom. The van der Waals surface area contributed by atoms with E-state index in [2.05, 4.69) is 5.32 Å². The molecule has 6 nitrogen and oxygen atoms in total. The Morgan fingerprint density at radius 1 is 1.32 bits per heavy atom. The Balaban J connectivity index is 4.27. The lowest BCUT2D eigenvalue weighted by Gasteiger charge is -2.28. The second kappa shape index (κ2) is 6.88. The van der Waals surface area contributed by atoms with Gasteiger partial charge in [-0.1, -0.05) is 13.8 Å². The second-order valence-corrected chi connectivity index (χ2v) is 7.65. The summed E-state index contributed by atoms with van der Waals surface area (Å²) in [6, 6.07) is 0. The molecule has 19 heavy (non-hydrogen) atoms. The average Bonchev–Trinajstić information content (AvgIpc) is 2.22. The van der Waals surface area contributed by atoms with Crippen molar-refractivity contribution >= 4 is 21.7 Å². The highest BCUT2D eigenvalue weighted by Crippen LogP contribution is 2.31. The largest absolute Gasteiger partial charge is 0.481 e. The van der Waals surface area contributed by atoms with Gasteiger partial charge >= 0.3 is 5.97 Å². The highest BCUT2D eigenvalue weighted by molar-refractivity contribution is 7.90. The van der Waals surface area contributed by atoms with Gasteiger partial charge in [0.2, 0.25) is 5.91 Å². The number of nitrogens with one attached hydrogen (secondary N) is 1. The van der Waals surface area contributed by atoms with Crippen LogP contribution in [0, 0.1) is 11.3 Å². The highest BCUT2D eigenvalue weighted by atomic mass is 32.2. The van der Waals surface area contributed by atoms with Crippen molar-refractivity contribution in [3.63, 3.8) is 0 Å². The number of carbonyl (C=O) groups is 2. The van der Waals surface area contributed by atoms with Crippen LogP contribution in [0.25, 0.3) is 0 Å². The normalized spacial score (nSPS) is 15.0. The Morgan fingerprint density at radius 3 is 2.21 bits per heavy atom. The summed E-state index contributed by atoms with van der Waals surface area (Å²) in [5.74, 6) is -1.54. The molecule has 1 unspecified atom stereocenters. The molecule has 0 bridgehead atoms. The molecule has 1 amide bonds. The fourth-order valence-corrected chi connectivity index (χ4v) is 2.15. The predicted molar refractivity (Wildman–Crippen MR) is 72.5 cm³/mol. The Bertz CT molecular complexity index is 429. The minimum absolute atomic E-state index is 0.00760. The van der Waals surface area contributed by atoms with Crippen molar-refractivity contribution in [3.8, 4) is 0 Å². The summed E-state index contributed by atoms with van der Waals surface area (Å²) in [6.45, 7) is 5.28. The summed E-state index contributed by atoms with van der Waals surface area (Å²) in [4.78, 5) is 22.9. The van der Waals surface area contributed by atoms with Gasteiger partial charge in [0.1, 0.15) is 9.84 Å². The molecule has 112 valence electrons. The zero-order valence-corrected chi connectivity index (χ0v) is 12.7. The van der Waals surface area contributed by atoms with E-state index in [0.717, 1.165) is 6.26 Å². The summed E-state index contributed by atoms with van der Waals surface area (Å²) in [7, 11) is -3.03. The molecule has 0 saturated heterocycles. The maximum absolute atomic E-state index is 11.7. The second-order valence-electron chi connectivity index (χ2n) is 5.39. The summed E-state index contributed by atoms with van der Waals surface area (Å²) >= 11 is 0. The third-order valence-corrected chi connectivity index (χ3v) is 4.33. The van der Waals surface area contributed by atoms with E-state index in [1.807, 2.05) is 0 Å². The van der Waals surface area contributed by atoms with Gasteiger partial charge in [-0.25, -0.2) is 8.42 Å². The molecule has 0 aromatic carbocycles. The average molecular weight is 293 g/mol. The number of aliphatic carboxylic acids is 1. The third kappa shape index (κ3) is 6.56. The maximum atomic E-state index is 11.7. The van der Waals surface area contributed by atoms with Crippen molar-refractivity contribution in [2.24, 2.45) is 11.3 Å². The molecule has 1 atom stereocenters. The number of sulfone groups is 1. The number of rotatable bonds is 8. The van der Waals surface area contributed by atoms with Gasteiger partial charge in [0.05, 0.1) is 11.2 Å². The lowest BCUT2D eigenvalue weighted by Crippen LogP contribution is -2.39. The number of amides is 1. The molecule has 0 aliphatic heterocycles. The van der Waals surface area contributed by atoms with Crippen molar-refractivity contribution in [1.29, 1.82) is 0 Å². The smallest absolute Gasteiger partial charge is 0.310 e. The van der Waals surface area contributed by atoms with E-state index < -0.39 is 21.2 Å². The van der Waals surface area contributed by atoms with Crippen LogP contribution in [0.3, 0.4) is 0 Å². The number of carboxylic acids is 1. The van der Waals surface area contributed by atoms with Crippen LogP contribution in [0.2, 0.25) is 0 Å². The van der Waals surface area contributed by atoms with Crippen molar-refractivity contribution in [1.82, 2.24) is 5.32 Å². The molecule has 0 aliphatic rings. The van der Waals surface area contributed by atoms with Gasteiger partial charge in [0.15, 0.2) is 0 Å². The van der Waals surface area contributed by atoms with Gasteiger partial charge in [-0.15, -0.1) is 0 Å². The van der Waals surface area contributed by atoms with E-state index in [4.69, 9.17) is 0 Å². The number of carboxylic acid groups (broad SMARTS) is 1. The van der Waals surface area contributed by atoms with Gasteiger partial charge < -0.3 is 10.4 Å². The highest BCUT2D eigenvalue weighted by Gasteiger charge is 2.38. The van der Waals surface area contributed by atoms with E-state index in [1.54, 1.807) is 13.8 Å². The van der Waals surface area contributed by atoms with Gasteiger partial charge in [-0.05, 0) is 19.3 Å². The summed E-state index contributed by atoms with van der Waals surface area (Å²) < 4.78 is 21.8. The lowest BCUT2D eigenvalue weighted by molar-refractivity contribution is -0.153. The van der Waals surface area contributed by atoms with Crippen molar-refractivity contribution < 1.29 is 23.1 Å². The first kappa shape index (κ1) is 17.9. The molecule has 0 aromatic rings. The zero-order chi connectivity index (χ0) is 15.3. The van der Waals surface area contributed by atoms with Gasteiger partial charge in [0, 0.05) is 19.2 Å². The molecule has 0 rings (SSSR count). The molecule has 0 fully saturated rings. The van der Waals surface area contributed by atoms with E-state index >= 15 is 0 Å². The lowest BCUT2D eigenvalue weighted by atomic mass is 9.76. The molecule has 7 heteroatoms. The van der Waals surface area contributed by atoms with Crippen molar-refractivity contribution in [2.75, 3.05) is 18.6 Å². The quantitative estimate of drug-likeness (QED) is 0.641. The number of carbonyl (C=O) groups excluding carboxylic acids is 1. The van der Waals surface area contributed by atoms with Crippen LogP contribution >= 0.6 is 0 Å². The van der Waals surface area contributed by atoms with Crippen LogP contribution in [0.1, 0.15) is 33.6 Å². The Kier molecular flexibility index (Phi) is 6.48.